The molecule has 0 fully saturated rings. The quantitative estimate of drug-likeness (QED) is 0.625. The first-order valence-corrected chi connectivity index (χ1v) is 5.01. The van der Waals surface area contributed by atoms with E-state index in [2.05, 4.69) is 22.0 Å². The number of rotatable bonds is 0. The SMILES string of the molecule is C[C@H]1CCc2c(cnc3ncnn23)C1. The molecule has 2 aromatic rings. The Balaban J connectivity index is 2.24. The third-order valence-corrected chi connectivity index (χ3v) is 2.93. The molecule has 0 amide bonds. The van der Waals surface area contributed by atoms with Gasteiger partial charge in [-0.1, -0.05) is 6.92 Å². The molecule has 72 valence electrons. The fourth-order valence-electron chi connectivity index (χ4n) is 2.16. The van der Waals surface area contributed by atoms with Gasteiger partial charge in [0.1, 0.15) is 6.33 Å². The maximum Gasteiger partial charge on any atom is 0.252 e. The van der Waals surface area contributed by atoms with E-state index in [1.165, 1.54) is 17.7 Å². The Morgan fingerprint density at radius 3 is 3.29 bits per heavy atom. The van der Waals surface area contributed by atoms with Gasteiger partial charge in [0.15, 0.2) is 0 Å². The molecule has 4 heteroatoms. The molecule has 0 aromatic carbocycles. The summed E-state index contributed by atoms with van der Waals surface area (Å²) in [6.45, 7) is 2.29. The van der Waals surface area contributed by atoms with Crippen LogP contribution in [-0.2, 0) is 12.8 Å². The molecule has 1 aliphatic carbocycles. The van der Waals surface area contributed by atoms with Crippen LogP contribution in [0.5, 0.6) is 0 Å². The molecule has 2 heterocycles. The van der Waals surface area contributed by atoms with E-state index < -0.39 is 0 Å². The van der Waals surface area contributed by atoms with Crippen molar-refractivity contribution in [3.63, 3.8) is 0 Å². The smallest absolute Gasteiger partial charge is 0.219 e. The summed E-state index contributed by atoms with van der Waals surface area (Å²) in [4.78, 5) is 8.36. The molecule has 14 heavy (non-hydrogen) atoms. The highest BCUT2D eigenvalue weighted by atomic mass is 15.3. The second-order valence-corrected chi connectivity index (χ2v) is 4.05. The number of aryl methyl sites for hydroxylation is 1. The van der Waals surface area contributed by atoms with Gasteiger partial charge in [0.25, 0.3) is 5.78 Å². The second-order valence-electron chi connectivity index (χ2n) is 4.05. The van der Waals surface area contributed by atoms with Crippen molar-refractivity contribution in [2.75, 3.05) is 0 Å². The van der Waals surface area contributed by atoms with Gasteiger partial charge in [-0.3, -0.25) is 0 Å². The summed E-state index contributed by atoms with van der Waals surface area (Å²) in [5.41, 5.74) is 2.63. The minimum Gasteiger partial charge on any atom is -0.219 e. The number of nitrogens with zero attached hydrogens (tertiary/aromatic N) is 4. The first kappa shape index (κ1) is 7.91. The third kappa shape index (κ3) is 1.03. The summed E-state index contributed by atoms with van der Waals surface area (Å²) in [6, 6.07) is 0. The maximum absolute atomic E-state index is 4.28. The first-order valence-electron chi connectivity index (χ1n) is 5.01. The minimum atomic E-state index is 0.721. The summed E-state index contributed by atoms with van der Waals surface area (Å²) in [5, 5.41) is 4.20. The van der Waals surface area contributed by atoms with E-state index in [-0.39, 0.29) is 0 Å². The van der Waals surface area contributed by atoms with E-state index in [4.69, 9.17) is 0 Å². The number of fused-ring (bicyclic) bond motifs is 3. The highest BCUT2D eigenvalue weighted by Crippen LogP contribution is 2.24. The molecule has 0 spiro atoms. The van der Waals surface area contributed by atoms with E-state index >= 15 is 0 Å². The van der Waals surface area contributed by atoms with Gasteiger partial charge in [0.2, 0.25) is 0 Å². The first-order chi connectivity index (χ1) is 6.84. The van der Waals surface area contributed by atoms with Gasteiger partial charge < -0.3 is 0 Å². The lowest BCUT2D eigenvalue weighted by Gasteiger charge is -2.20. The average molecular weight is 188 g/mol. The van der Waals surface area contributed by atoms with Crippen molar-refractivity contribution in [2.24, 2.45) is 5.92 Å². The van der Waals surface area contributed by atoms with Crippen molar-refractivity contribution in [1.82, 2.24) is 19.6 Å². The van der Waals surface area contributed by atoms with Crippen LogP contribution in [-0.4, -0.2) is 19.6 Å². The van der Waals surface area contributed by atoms with Crippen molar-refractivity contribution in [1.29, 1.82) is 0 Å². The topological polar surface area (TPSA) is 43.1 Å². The predicted molar refractivity (Wildman–Crippen MR) is 52.0 cm³/mol. The summed E-state index contributed by atoms with van der Waals surface area (Å²) < 4.78 is 1.88. The molecule has 0 N–H and O–H groups in total. The summed E-state index contributed by atoms with van der Waals surface area (Å²) >= 11 is 0. The van der Waals surface area contributed by atoms with E-state index in [0.717, 1.165) is 24.5 Å². The molecule has 0 saturated heterocycles. The number of hydrogen-bond donors (Lipinski definition) is 0. The Morgan fingerprint density at radius 1 is 1.43 bits per heavy atom. The van der Waals surface area contributed by atoms with Crippen molar-refractivity contribution in [3.05, 3.63) is 23.8 Å². The molecule has 0 unspecified atom stereocenters. The number of hydrogen-bond acceptors (Lipinski definition) is 3. The van der Waals surface area contributed by atoms with Crippen LogP contribution in [0.1, 0.15) is 24.6 Å². The Morgan fingerprint density at radius 2 is 2.36 bits per heavy atom. The monoisotopic (exact) mass is 188 g/mol. The lowest BCUT2D eigenvalue weighted by Crippen LogP contribution is -2.16. The molecule has 0 radical (unpaired) electrons. The van der Waals surface area contributed by atoms with Gasteiger partial charge in [-0.25, -0.2) is 9.50 Å². The van der Waals surface area contributed by atoms with Crippen LogP contribution in [0.3, 0.4) is 0 Å². The van der Waals surface area contributed by atoms with E-state index in [1.807, 2.05) is 10.7 Å². The molecule has 0 bridgehead atoms. The van der Waals surface area contributed by atoms with Crippen molar-refractivity contribution >= 4 is 5.78 Å². The van der Waals surface area contributed by atoms with Gasteiger partial charge in [-0.05, 0) is 30.7 Å². The fraction of sp³-hybridized carbons (Fsp3) is 0.500. The zero-order valence-corrected chi connectivity index (χ0v) is 8.14. The predicted octanol–water partition coefficient (Wildman–Crippen LogP) is 1.25. The average Bonchev–Trinajstić information content (AvgIpc) is 2.65. The van der Waals surface area contributed by atoms with Crippen LogP contribution in [0.2, 0.25) is 0 Å². The molecule has 3 rings (SSSR count). The summed E-state index contributed by atoms with van der Waals surface area (Å²) in [5.74, 6) is 1.49. The molecule has 4 nitrogen and oxygen atoms in total. The van der Waals surface area contributed by atoms with Gasteiger partial charge in [0, 0.05) is 6.20 Å². The van der Waals surface area contributed by atoms with Crippen LogP contribution in [0.15, 0.2) is 12.5 Å². The van der Waals surface area contributed by atoms with Crippen molar-refractivity contribution in [2.45, 2.75) is 26.2 Å². The maximum atomic E-state index is 4.28. The van der Waals surface area contributed by atoms with Gasteiger partial charge in [-0.2, -0.15) is 10.1 Å². The van der Waals surface area contributed by atoms with Gasteiger partial charge in [0.05, 0.1) is 5.69 Å². The molecule has 1 atom stereocenters. The van der Waals surface area contributed by atoms with E-state index in [0.29, 0.717) is 0 Å². The largest absolute Gasteiger partial charge is 0.252 e. The highest BCUT2D eigenvalue weighted by molar-refractivity contribution is 5.33. The van der Waals surface area contributed by atoms with Crippen LogP contribution in [0, 0.1) is 5.92 Å². The summed E-state index contributed by atoms with van der Waals surface area (Å²) in [7, 11) is 0. The normalized spacial score (nSPS) is 21.1. The molecule has 1 aliphatic rings. The molecule has 0 aliphatic heterocycles. The van der Waals surface area contributed by atoms with Gasteiger partial charge >= 0.3 is 0 Å². The Labute approximate surface area is 82.0 Å². The molecule has 0 saturated carbocycles. The van der Waals surface area contributed by atoms with Crippen molar-refractivity contribution < 1.29 is 0 Å². The summed E-state index contributed by atoms with van der Waals surface area (Å²) in [6.07, 6.45) is 6.98. The molecular formula is C10H12N4. The second kappa shape index (κ2) is 2.77. The lowest BCUT2D eigenvalue weighted by atomic mass is 9.89. The fourth-order valence-corrected chi connectivity index (χ4v) is 2.16. The van der Waals surface area contributed by atoms with Crippen LogP contribution >= 0.6 is 0 Å². The van der Waals surface area contributed by atoms with E-state index in [1.54, 1.807) is 6.33 Å². The Hall–Kier alpha value is -1.45. The number of aromatic nitrogens is 4. The third-order valence-electron chi connectivity index (χ3n) is 2.93. The van der Waals surface area contributed by atoms with Crippen molar-refractivity contribution in [3.8, 4) is 0 Å². The van der Waals surface area contributed by atoms with Gasteiger partial charge in [-0.15, -0.1) is 0 Å². The van der Waals surface area contributed by atoms with E-state index in [9.17, 15) is 0 Å². The van der Waals surface area contributed by atoms with Crippen LogP contribution in [0.25, 0.3) is 5.78 Å². The highest BCUT2D eigenvalue weighted by Gasteiger charge is 2.18. The Bertz CT molecular complexity index is 474. The molecule has 2 aromatic heterocycles. The van der Waals surface area contributed by atoms with Crippen LogP contribution < -0.4 is 0 Å². The zero-order valence-electron chi connectivity index (χ0n) is 8.14. The lowest BCUT2D eigenvalue weighted by molar-refractivity contribution is 0.485. The molecular weight excluding hydrogens is 176 g/mol. The Kier molecular flexibility index (Phi) is 1.56. The standard InChI is InChI=1S/C10H12N4/c1-7-2-3-9-8(4-7)5-11-10-12-6-13-14(9)10/h5-7H,2-4H2,1H3/t7-/m0/s1. The minimum absolute atomic E-state index is 0.721. The van der Waals surface area contributed by atoms with Crippen LogP contribution in [0.4, 0.5) is 0 Å². The zero-order chi connectivity index (χ0) is 9.54.